The summed E-state index contributed by atoms with van der Waals surface area (Å²) < 4.78 is 4.94. The zero-order valence-corrected chi connectivity index (χ0v) is 15.4. The smallest absolute Gasteiger partial charge is 0.252 e. The summed E-state index contributed by atoms with van der Waals surface area (Å²) in [6, 6.07) is 7.26. The van der Waals surface area contributed by atoms with Gasteiger partial charge in [-0.25, -0.2) is 0 Å². The molecule has 2 rings (SSSR count). The summed E-state index contributed by atoms with van der Waals surface area (Å²) in [5, 5.41) is 6.54. The van der Waals surface area contributed by atoms with Gasteiger partial charge in [-0.2, -0.15) is 4.98 Å². The average molecular weight is 362 g/mol. The number of aromatic nitrogens is 2. The van der Waals surface area contributed by atoms with Crippen molar-refractivity contribution in [2.24, 2.45) is 0 Å². The summed E-state index contributed by atoms with van der Waals surface area (Å²) in [7, 11) is 0. The van der Waals surface area contributed by atoms with Gasteiger partial charge < -0.3 is 14.7 Å². The summed E-state index contributed by atoms with van der Waals surface area (Å²) >= 11 is 1.45. The molecule has 1 heterocycles. The highest BCUT2D eigenvalue weighted by Crippen LogP contribution is 2.25. The van der Waals surface area contributed by atoms with E-state index in [1.54, 1.807) is 24.0 Å². The second-order valence-corrected chi connectivity index (χ2v) is 6.28. The SMILES string of the molecule is CCN(CC)C(=O)CNC(=O)c1ccccc1SCc1noc(C)n1. The van der Waals surface area contributed by atoms with Crippen molar-refractivity contribution in [1.82, 2.24) is 20.4 Å². The third kappa shape index (κ3) is 5.32. The standard InChI is InChI=1S/C17H22N4O3S/c1-4-21(5-2)16(22)10-18-17(23)13-8-6-7-9-14(13)25-11-15-19-12(3)24-20-15/h6-9H,4-5,10-11H2,1-3H3,(H,18,23). The molecular formula is C17H22N4O3S. The third-order valence-corrected chi connectivity index (χ3v) is 4.64. The van der Waals surface area contributed by atoms with E-state index in [0.29, 0.717) is 36.1 Å². The fourth-order valence-corrected chi connectivity index (χ4v) is 3.15. The predicted molar refractivity (Wildman–Crippen MR) is 95.3 cm³/mol. The zero-order chi connectivity index (χ0) is 18.2. The normalized spacial score (nSPS) is 10.5. The molecule has 2 aromatic rings. The molecule has 0 unspecified atom stereocenters. The number of hydrogen-bond acceptors (Lipinski definition) is 6. The molecule has 0 saturated heterocycles. The topological polar surface area (TPSA) is 88.3 Å². The van der Waals surface area contributed by atoms with E-state index >= 15 is 0 Å². The van der Waals surface area contributed by atoms with Gasteiger partial charge in [-0.15, -0.1) is 11.8 Å². The van der Waals surface area contributed by atoms with Crippen LogP contribution in [0.1, 0.15) is 35.9 Å². The number of carbonyl (C=O) groups excluding carboxylic acids is 2. The second-order valence-electron chi connectivity index (χ2n) is 5.26. The minimum atomic E-state index is -0.270. The second kappa shape index (κ2) is 9.22. The van der Waals surface area contributed by atoms with E-state index in [1.165, 1.54) is 11.8 Å². The Morgan fingerprint density at radius 2 is 1.96 bits per heavy atom. The van der Waals surface area contributed by atoms with Gasteiger partial charge in [0, 0.05) is 24.9 Å². The van der Waals surface area contributed by atoms with E-state index in [0.717, 1.165) is 4.90 Å². The summed E-state index contributed by atoms with van der Waals surface area (Å²) in [6.45, 7) is 6.80. The van der Waals surface area contributed by atoms with Crippen LogP contribution < -0.4 is 5.32 Å². The number of aryl methyl sites for hydroxylation is 1. The monoisotopic (exact) mass is 362 g/mol. The van der Waals surface area contributed by atoms with Crippen LogP contribution in [0.5, 0.6) is 0 Å². The molecule has 7 nitrogen and oxygen atoms in total. The first-order valence-corrected chi connectivity index (χ1v) is 9.10. The van der Waals surface area contributed by atoms with Crippen LogP contribution in [0, 0.1) is 6.92 Å². The van der Waals surface area contributed by atoms with Crippen molar-refractivity contribution in [3.63, 3.8) is 0 Å². The Kier molecular flexibility index (Phi) is 7.00. The number of likely N-dealkylation sites (N-methyl/N-ethyl adjacent to an activating group) is 1. The van der Waals surface area contributed by atoms with E-state index in [-0.39, 0.29) is 18.4 Å². The van der Waals surface area contributed by atoms with Crippen LogP contribution in [0.25, 0.3) is 0 Å². The summed E-state index contributed by atoms with van der Waals surface area (Å²) in [4.78, 5) is 31.1. The van der Waals surface area contributed by atoms with Crippen LogP contribution >= 0.6 is 11.8 Å². The van der Waals surface area contributed by atoms with Crippen molar-refractivity contribution in [2.45, 2.75) is 31.4 Å². The highest BCUT2D eigenvalue weighted by Gasteiger charge is 2.15. The first kappa shape index (κ1) is 19.0. The van der Waals surface area contributed by atoms with Gasteiger partial charge in [-0.1, -0.05) is 17.3 Å². The molecule has 1 N–H and O–H groups in total. The lowest BCUT2D eigenvalue weighted by Gasteiger charge is -2.19. The van der Waals surface area contributed by atoms with Crippen molar-refractivity contribution in [2.75, 3.05) is 19.6 Å². The number of rotatable bonds is 8. The average Bonchev–Trinajstić information content (AvgIpc) is 3.04. The lowest BCUT2D eigenvalue weighted by atomic mass is 10.2. The summed E-state index contributed by atoms with van der Waals surface area (Å²) in [6.07, 6.45) is 0. The van der Waals surface area contributed by atoms with Gasteiger partial charge in [0.15, 0.2) is 5.82 Å². The molecular weight excluding hydrogens is 340 g/mol. The number of carbonyl (C=O) groups is 2. The van der Waals surface area contributed by atoms with Crippen molar-refractivity contribution >= 4 is 23.6 Å². The first-order valence-electron chi connectivity index (χ1n) is 8.12. The van der Waals surface area contributed by atoms with Gasteiger partial charge in [0.25, 0.3) is 5.91 Å². The molecule has 0 radical (unpaired) electrons. The molecule has 0 aliphatic rings. The Morgan fingerprint density at radius 1 is 1.24 bits per heavy atom. The Labute approximate surface area is 151 Å². The maximum absolute atomic E-state index is 12.4. The van der Waals surface area contributed by atoms with Gasteiger partial charge >= 0.3 is 0 Å². The molecule has 134 valence electrons. The maximum atomic E-state index is 12.4. The molecule has 0 fully saturated rings. The fourth-order valence-electron chi connectivity index (χ4n) is 2.26. The molecule has 0 aliphatic carbocycles. The van der Waals surface area contributed by atoms with Crippen LogP contribution in [0.2, 0.25) is 0 Å². The quantitative estimate of drug-likeness (QED) is 0.725. The summed E-state index contributed by atoms with van der Waals surface area (Å²) in [5.74, 6) is 1.23. The molecule has 1 aromatic carbocycles. The lowest BCUT2D eigenvalue weighted by molar-refractivity contribution is -0.129. The Morgan fingerprint density at radius 3 is 2.60 bits per heavy atom. The van der Waals surface area contributed by atoms with Gasteiger partial charge in [0.05, 0.1) is 17.9 Å². The minimum absolute atomic E-state index is 0.0104. The Balaban J connectivity index is 1.98. The highest BCUT2D eigenvalue weighted by molar-refractivity contribution is 7.98. The minimum Gasteiger partial charge on any atom is -0.343 e. The molecule has 1 aromatic heterocycles. The number of thioether (sulfide) groups is 1. The van der Waals surface area contributed by atoms with E-state index < -0.39 is 0 Å². The molecule has 2 amide bonds. The van der Waals surface area contributed by atoms with Crippen LogP contribution in [0.4, 0.5) is 0 Å². The molecule has 0 saturated carbocycles. The lowest BCUT2D eigenvalue weighted by Crippen LogP contribution is -2.40. The fraction of sp³-hybridized carbons (Fsp3) is 0.412. The Bertz CT molecular complexity index is 728. The van der Waals surface area contributed by atoms with E-state index in [9.17, 15) is 9.59 Å². The number of amides is 2. The predicted octanol–water partition coefficient (Wildman–Crippen LogP) is 2.27. The third-order valence-electron chi connectivity index (χ3n) is 3.57. The van der Waals surface area contributed by atoms with Gasteiger partial charge in [0.2, 0.25) is 11.8 Å². The van der Waals surface area contributed by atoms with Gasteiger partial charge in [0.1, 0.15) is 0 Å². The summed E-state index contributed by atoms with van der Waals surface area (Å²) in [5.41, 5.74) is 0.528. The number of hydrogen-bond donors (Lipinski definition) is 1. The maximum Gasteiger partial charge on any atom is 0.252 e. The Hall–Kier alpha value is -2.35. The number of nitrogens with one attached hydrogen (secondary N) is 1. The van der Waals surface area contributed by atoms with Crippen molar-refractivity contribution in [3.8, 4) is 0 Å². The van der Waals surface area contributed by atoms with Crippen molar-refractivity contribution < 1.29 is 14.1 Å². The van der Waals surface area contributed by atoms with Gasteiger partial charge in [-0.3, -0.25) is 9.59 Å². The highest BCUT2D eigenvalue weighted by atomic mass is 32.2. The largest absolute Gasteiger partial charge is 0.343 e. The number of nitrogens with zero attached hydrogens (tertiary/aromatic N) is 3. The van der Waals surface area contributed by atoms with E-state index in [2.05, 4.69) is 15.5 Å². The number of benzene rings is 1. The zero-order valence-electron chi connectivity index (χ0n) is 14.6. The first-order chi connectivity index (χ1) is 12.0. The van der Waals surface area contributed by atoms with Crippen LogP contribution in [0.15, 0.2) is 33.7 Å². The van der Waals surface area contributed by atoms with Gasteiger partial charge in [-0.05, 0) is 26.0 Å². The molecule has 0 spiro atoms. The molecule has 0 bridgehead atoms. The molecule has 0 aliphatic heterocycles. The van der Waals surface area contributed by atoms with Crippen molar-refractivity contribution in [1.29, 1.82) is 0 Å². The van der Waals surface area contributed by atoms with E-state index in [4.69, 9.17) is 4.52 Å². The van der Waals surface area contributed by atoms with E-state index in [1.807, 2.05) is 26.0 Å². The van der Waals surface area contributed by atoms with Crippen molar-refractivity contribution in [3.05, 3.63) is 41.5 Å². The molecule has 0 atom stereocenters. The van der Waals surface area contributed by atoms with Crippen LogP contribution in [0.3, 0.4) is 0 Å². The van der Waals surface area contributed by atoms with Crippen LogP contribution in [-0.2, 0) is 10.5 Å². The molecule has 8 heteroatoms. The molecule has 25 heavy (non-hydrogen) atoms. The van der Waals surface area contributed by atoms with Crippen LogP contribution in [-0.4, -0.2) is 46.5 Å².